The third-order valence-electron chi connectivity index (χ3n) is 2.29. The first kappa shape index (κ1) is 11.1. The predicted molar refractivity (Wildman–Crippen MR) is 64.4 cm³/mol. The van der Waals surface area contributed by atoms with Crippen LogP contribution in [0.25, 0.3) is 10.9 Å². The fourth-order valence-corrected chi connectivity index (χ4v) is 1.70. The second-order valence-corrected chi connectivity index (χ2v) is 3.95. The molecule has 0 fully saturated rings. The van der Waals surface area contributed by atoms with Crippen LogP contribution in [0.5, 0.6) is 0 Å². The highest BCUT2D eigenvalue weighted by atomic mass is 35.5. The van der Waals surface area contributed by atoms with Crippen LogP contribution < -0.4 is 5.73 Å². The summed E-state index contributed by atoms with van der Waals surface area (Å²) < 4.78 is 0. The van der Waals surface area contributed by atoms with Gasteiger partial charge in [-0.25, -0.2) is 9.97 Å². The van der Waals surface area contributed by atoms with Gasteiger partial charge >= 0.3 is 0 Å². The van der Waals surface area contributed by atoms with Crippen LogP contribution in [-0.2, 0) is 6.42 Å². The van der Waals surface area contributed by atoms with E-state index in [1.54, 1.807) is 12.1 Å². The van der Waals surface area contributed by atoms with Crippen LogP contribution in [0.4, 0.5) is 5.82 Å². The minimum Gasteiger partial charge on any atom is -0.396 e. The van der Waals surface area contributed by atoms with Gasteiger partial charge in [-0.05, 0) is 24.6 Å². The van der Waals surface area contributed by atoms with E-state index in [2.05, 4.69) is 9.97 Å². The number of nitrogens with two attached hydrogens (primary N) is 1. The van der Waals surface area contributed by atoms with E-state index >= 15 is 0 Å². The number of aliphatic hydroxyl groups excluding tert-OH is 1. The molecule has 84 valence electrons. The van der Waals surface area contributed by atoms with Crippen molar-refractivity contribution >= 4 is 28.3 Å². The van der Waals surface area contributed by atoms with Gasteiger partial charge in [0.25, 0.3) is 0 Å². The van der Waals surface area contributed by atoms with Crippen molar-refractivity contribution in [2.45, 2.75) is 12.8 Å². The summed E-state index contributed by atoms with van der Waals surface area (Å²) >= 11 is 5.87. The summed E-state index contributed by atoms with van der Waals surface area (Å²) in [6.45, 7) is 0.127. The van der Waals surface area contributed by atoms with E-state index in [0.717, 1.165) is 10.9 Å². The van der Waals surface area contributed by atoms with E-state index in [9.17, 15) is 0 Å². The molecule has 0 unspecified atom stereocenters. The van der Waals surface area contributed by atoms with E-state index in [1.807, 2.05) is 6.07 Å². The Morgan fingerprint density at radius 3 is 2.88 bits per heavy atom. The molecular formula is C11H12ClN3O. The molecule has 0 atom stereocenters. The highest BCUT2D eigenvalue weighted by molar-refractivity contribution is 6.31. The molecule has 1 aromatic heterocycles. The van der Waals surface area contributed by atoms with Crippen LogP contribution in [0, 0.1) is 0 Å². The molecule has 4 nitrogen and oxygen atoms in total. The van der Waals surface area contributed by atoms with Crippen molar-refractivity contribution in [1.82, 2.24) is 9.97 Å². The molecule has 0 aliphatic heterocycles. The summed E-state index contributed by atoms with van der Waals surface area (Å²) in [4.78, 5) is 8.53. The van der Waals surface area contributed by atoms with Gasteiger partial charge in [-0.15, -0.1) is 0 Å². The monoisotopic (exact) mass is 237 g/mol. The SMILES string of the molecule is Nc1nc(CCCO)nc2ccc(Cl)cc12. The maximum atomic E-state index is 8.74. The van der Waals surface area contributed by atoms with Crippen molar-refractivity contribution in [3.05, 3.63) is 29.0 Å². The van der Waals surface area contributed by atoms with Crippen molar-refractivity contribution in [1.29, 1.82) is 0 Å². The normalized spacial score (nSPS) is 10.9. The lowest BCUT2D eigenvalue weighted by Crippen LogP contribution is -2.02. The zero-order chi connectivity index (χ0) is 11.5. The van der Waals surface area contributed by atoms with Gasteiger partial charge in [-0.3, -0.25) is 0 Å². The Balaban J connectivity index is 2.46. The summed E-state index contributed by atoms with van der Waals surface area (Å²) in [6, 6.07) is 5.34. The largest absolute Gasteiger partial charge is 0.396 e. The Morgan fingerprint density at radius 1 is 1.31 bits per heavy atom. The lowest BCUT2D eigenvalue weighted by molar-refractivity contribution is 0.287. The second kappa shape index (κ2) is 4.63. The highest BCUT2D eigenvalue weighted by Gasteiger charge is 2.05. The number of aryl methyl sites for hydroxylation is 1. The molecule has 16 heavy (non-hydrogen) atoms. The Labute approximate surface area is 98.1 Å². The summed E-state index contributed by atoms with van der Waals surface area (Å²) in [6.07, 6.45) is 1.26. The van der Waals surface area contributed by atoms with Crippen LogP contribution in [-0.4, -0.2) is 21.7 Å². The molecule has 0 saturated carbocycles. The minimum atomic E-state index is 0.127. The van der Waals surface area contributed by atoms with Crippen molar-refractivity contribution in [3.8, 4) is 0 Å². The summed E-state index contributed by atoms with van der Waals surface area (Å²) in [5.41, 5.74) is 6.61. The highest BCUT2D eigenvalue weighted by Crippen LogP contribution is 2.22. The molecule has 0 radical (unpaired) electrons. The Hall–Kier alpha value is -1.39. The maximum Gasteiger partial charge on any atom is 0.135 e. The average Bonchev–Trinajstić information content (AvgIpc) is 2.27. The van der Waals surface area contributed by atoms with E-state index < -0.39 is 0 Å². The number of hydrogen-bond donors (Lipinski definition) is 2. The van der Waals surface area contributed by atoms with Crippen molar-refractivity contribution in [2.24, 2.45) is 0 Å². The van der Waals surface area contributed by atoms with Crippen LogP contribution in [0.1, 0.15) is 12.2 Å². The lowest BCUT2D eigenvalue weighted by atomic mass is 10.2. The first-order valence-corrected chi connectivity index (χ1v) is 5.41. The molecule has 1 heterocycles. The Morgan fingerprint density at radius 2 is 2.12 bits per heavy atom. The standard InChI is InChI=1S/C11H12ClN3O/c12-7-3-4-9-8(6-7)11(13)15-10(14-9)2-1-5-16/h3-4,6,16H,1-2,5H2,(H2,13,14,15). The fourth-order valence-electron chi connectivity index (χ4n) is 1.52. The smallest absolute Gasteiger partial charge is 0.135 e. The number of nitrogen functional groups attached to an aromatic ring is 1. The van der Waals surface area contributed by atoms with Gasteiger partial charge in [-0.1, -0.05) is 11.6 Å². The van der Waals surface area contributed by atoms with Gasteiger partial charge in [0.2, 0.25) is 0 Å². The molecule has 2 aromatic rings. The molecule has 0 spiro atoms. The molecule has 2 rings (SSSR count). The van der Waals surface area contributed by atoms with E-state index in [1.165, 1.54) is 0 Å². The zero-order valence-corrected chi connectivity index (χ0v) is 9.41. The average molecular weight is 238 g/mol. The van der Waals surface area contributed by atoms with Crippen molar-refractivity contribution in [2.75, 3.05) is 12.3 Å². The number of aliphatic hydroxyl groups is 1. The van der Waals surface area contributed by atoms with Crippen LogP contribution >= 0.6 is 11.6 Å². The second-order valence-electron chi connectivity index (χ2n) is 3.51. The lowest BCUT2D eigenvalue weighted by Gasteiger charge is -2.05. The van der Waals surface area contributed by atoms with Crippen molar-refractivity contribution in [3.63, 3.8) is 0 Å². The maximum absolute atomic E-state index is 8.74. The van der Waals surface area contributed by atoms with Crippen molar-refractivity contribution < 1.29 is 5.11 Å². The summed E-state index contributed by atoms with van der Waals surface area (Å²) in [5, 5.41) is 10.1. The Bertz CT molecular complexity index is 516. The topological polar surface area (TPSA) is 72.0 Å². The third-order valence-corrected chi connectivity index (χ3v) is 2.53. The number of anilines is 1. The van der Waals surface area contributed by atoms with Crippen LogP contribution in [0.3, 0.4) is 0 Å². The zero-order valence-electron chi connectivity index (χ0n) is 8.65. The molecule has 0 amide bonds. The van der Waals surface area contributed by atoms with Gasteiger partial charge in [0, 0.05) is 23.4 Å². The quantitative estimate of drug-likeness (QED) is 0.854. The number of aromatic nitrogens is 2. The molecule has 3 N–H and O–H groups in total. The number of rotatable bonds is 3. The first-order chi connectivity index (χ1) is 7.70. The number of nitrogens with zero attached hydrogens (tertiary/aromatic N) is 2. The molecule has 0 aliphatic carbocycles. The first-order valence-electron chi connectivity index (χ1n) is 5.03. The molecule has 5 heteroatoms. The molecule has 1 aromatic carbocycles. The van der Waals surface area contributed by atoms with E-state index in [4.69, 9.17) is 22.4 Å². The van der Waals surface area contributed by atoms with Gasteiger partial charge in [0.15, 0.2) is 0 Å². The van der Waals surface area contributed by atoms with Gasteiger partial charge in [0.05, 0.1) is 5.52 Å². The van der Waals surface area contributed by atoms with Gasteiger partial charge in [0.1, 0.15) is 11.6 Å². The summed E-state index contributed by atoms with van der Waals surface area (Å²) in [7, 11) is 0. The number of halogens is 1. The predicted octanol–water partition coefficient (Wildman–Crippen LogP) is 1.79. The third kappa shape index (κ3) is 2.23. The molecule has 0 saturated heterocycles. The Kier molecular flexibility index (Phi) is 3.22. The molecule has 0 aliphatic rings. The van der Waals surface area contributed by atoms with E-state index in [0.29, 0.717) is 29.5 Å². The minimum absolute atomic E-state index is 0.127. The number of hydrogen-bond acceptors (Lipinski definition) is 4. The van der Waals surface area contributed by atoms with Crippen LogP contribution in [0.2, 0.25) is 5.02 Å². The van der Waals surface area contributed by atoms with E-state index in [-0.39, 0.29) is 6.61 Å². The number of benzene rings is 1. The number of fused-ring (bicyclic) bond motifs is 1. The molecule has 0 bridgehead atoms. The summed E-state index contributed by atoms with van der Waals surface area (Å²) in [5.74, 6) is 1.09. The van der Waals surface area contributed by atoms with Crippen LogP contribution in [0.15, 0.2) is 18.2 Å². The molecular weight excluding hydrogens is 226 g/mol. The van der Waals surface area contributed by atoms with Gasteiger partial charge < -0.3 is 10.8 Å². The fraction of sp³-hybridized carbons (Fsp3) is 0.273. The van der Waals surface area contributed by atoms with Gasteiger partial charge in [-0.2, -0.15) is 0 Å².